The van der Waals surface area contributed by atoms with Crippen LogP contribution in [0.15, 0.2) is 48.5 Å². The van der Waals surface area contributed by atoms with Gasteiger partial charge in [-0.05, 0) is 42.2 Å². The summed E-state index contributed by atoms with van der Waals surface area (Å²) in [6.07, 6.45) is 2.40. The third kappa shape index (κ3) is 4.69. The summed E-state index contributed by atoms with van der Waals surface area (Å²) in [5, 5.41) is 6.09. The van der Waals surface area contributed by atoms with Gasteiger partial charge in [0.2, 0.25) is 11.8 Å². The number of fused-ring (bicyclic) bond motifs is 1. The molecule has 1 saturated heterocycles. The van der Waals surface area contributed by atoms with Gasteiger partial charge in [0, 0.05) is 29.5 Å². The van der Waals surface area contributed by atoms with Crippen LogP contribution in [0, 0.1) is 0 Å². The fourth-order valence-corrected chi connectivity index (χ4v) is 4.50. The molecule has 148 valence electrons. The molecular formula is C21H24ClN3O2S. The van der Waals surface area contributed by atoms with Crippen molar-refractivity contribution in [3.63, 3.8) is 0 Å². The maximum absolute atomic E-state index is 12.8. The summed E-state index contributed by atoms with van der Waals surface area (Å²) < 4.78 is 0. The average Bonchev–Trinajstić information content (AvgIpc) is 3.24. The first-order valence-corrected chi connectivity index (χ1v) is 10.5. The molecule has 2 aliphatic heterocycles. The lowest BCUT2D eigenvalue weighted by Crippen LogP contribution is -2.37. The zero-order valence-corrected chi connectivity index (χ0v) is 17.2. The summed E-state index contributed by atoms with van der Waals surface area (Å²) in [5.41, 5.74) is 4.00. The SMILES string of the molecule is Cl.O=C(Nc1ccc(CC(=O)N2CCCc3ccccc32)cc1)C1CSCN1. The number of nitrogens with zero attached hydrogens (tertiary/aromatic N) is 1. The van der Waals surface area contributed by atoms with E-state index in [1.54, 1.807) is 11.8 Å². The number of carbonyl (C=O) groups excluding carboxylic acids is 2. The van der Waals surface area contributed by atoms with E-state index < -0.39 is 0 Å². The van der Waals surface area contributed by atoms with Crippen molar-refractivity contribution in [3.8, 4) is 0 Å². The molecule has 2 heterocycles. The van der Waals surface area contributed by atoms with E-state index in [0.717, 1.165) is 48.0 Å². The average molecular weight is 418 g/mol. The van der Waals surface area contributed by atoms with Gasteiger partial charge in [0.15, 0.2) is 0 Å². The second-order valence-corrected chi connectivity index (χ2v) is 7.94. The molecule has 4 rings (SSSR count). The smallest absolute Gasteiger partial charge is 0.242 e. The van der Waals surface area contributed by atoms with Gasteiger partial charge in [-0.2, -0.15) is 0 Å². The maximum atomic E-state index is 12.8. The number of benzene rings is 2. The van der Waals surface area contributed by atoms with Crippen molar-refractivity contribution in [2.45, 2.75) is 25.3 Å². The van der Waals surface area contributed by atoms with Crippen LogP contribution in [-0.2, 0) is 22.4 Å². The third-order valence-corrected chi connectivity index (χ3v) is 5.96. The molecular weight excluding hydrogens is 394 g/mol. The van der Waals surface area contributed by atoms with Gasteiger partial charge in [0.05, 0.1) is 12.5 Å². The van der Waals surface area contributed by atoms with Crippen LogP contribution in [0.4, 0.5) is 11.4 Å². The lowest BCUT2D eigenvalue weighted by Gasteiger charge is -2.29. The number of hydrogen-bond donors (Lipinski definition) is 2. The first-order chi connectivity index (χ1) is 13.2. The Kier molecular flexibility index (Phi) is 6.99. The van der Waals surface area contributed by atoms with Gasteiger partial charge in [-0.1, -0.05) is 30.3 Å². The topological polar surface area (TPSA) is 61.4 Å². The molecule has 0 aromatic heterocycles. The normalized spacial score (nSPS) is 18.1. The van der Waals surface area contributed by atoms with Crippen molar-refractivity contribution >= 4 is 47.4 Å². The zero-order chi connectivity index (χ0) is 18.6. The van der Waals surface area contributed by atoms with Crippen molar-refractivity contribution in [2.24, 2.45) is 0 Å². The van der Waals surface area contributed by atoms with Crippen LogP contribution in [-0.4, -0.2) is 36.0 Å². The van der Waals surface area contributed by atoms with E-state index in [-0.39, 0.29) is 30.3 Å². The Morgan fingerprint density at radius 1 is 1.14 bits per heavy atom. The summed E-state index contributed by atoms with van der Waals surface area (Å²) >= 11 is 1.72. The number of halogens is 1. The molecule has 2 N–H and O–H groups in total. The molecule has 1 atom stereocenters. The minimum absolute atomic E-state index is 0. The highest BCUT2D eigenvalue weighted by atomic mass is 35.5. The highest BCUT2D eigenvalue weighted by Gasteiger charge is 2.23. The Labute approximate surface area is 175 Å². The molecule has 28 heavy (non-hydrogen) atoms. The summed E-state index contributed by atoms with van der Waals surface area (Å²) in [4.78, 5) is 26.9. The molecule has 2 aromatic rings. The molecule has 1 fully saturated rings. The van der Waals surface area contributed by atoms with E-state index in [2.05, 4.69) is 16.7 Å². The Morgan fingerprint density at radius 3 is 2.68 bits per heavy atom. The lowest BCUT2D eigenvalue weighted by molar-refractivity contribution is -0.118. The number of nitrogens with one attached hydrogen (secondary N) is 2. The molecule has 2 aromatic carbocycles. The molecule has 1 unspecified atom stereocenters. The van der Waals surface area contributed by atoms with E-state index in [0.29, 0.717) is 6.42 Å². The van der Waals surface area contributed by atoms with E-state index >= 15 is 0 Å². The number of amides is 2. The van der Waals surface area contributed by atoms with Gasteiger partial charge in [-0.3, -0.25) is 14.9 Å². The van der Waals surface area contributed by atoms with E-state index in [4.69, 9.17) is 0 Å². The van der Waals surface area contributed by atoms with Crippen LogP contribution in [0.25, 0.3) is 0 Å². The summed E-state index contributed by atoms with van der Waals surface area (Å²) in [5.74, 6) is 1.73. The predicted octanol–water partition coefficient (Wildman–Crippen LogP) is 3.23. The maximum Gasteiger partial charge on any atom is 0.242 e. The quantitative estimate of drug-likeness (QED) is 0.801. The molecule has 0 radical (unpaired) electrons. The van der Waals surface area contributed by atoms with Gasteiger partial charge in [0.25, 0.3) is 0 Å². The minimum Gasteiger partial charge on any atom is -0.325 e. The monoisotopic (exact) mass is 417 g/mol. The second kappa shape index (κ2) is 9.45. The number of rotatable bonds is 4. The fraction of sp³-hybridized carbons (Fsp3) is 0.333. The van der Waals surface area contributed by atoms with Gasteiger partial charge in [-0.25, -0.2) is 0 Å². The van der Waals surface area contributed by atoms with Crippen LogP contribution in [0.5, 0.6) is 0 Å². The molecule has 2 aliphatic rings. The van der Waals surface area contributed by atoms with Crippen molar-refractivity contribution < 1.29 is 9.59 Å². The van der Waals surface area contributed by atoms with Gasteiger partial charge in [-0.15, -0.1) is 24.2 Å². The standard InChI is InChI=1S/C21H23N3O2S.ClH/c25-20(24-11-3-5-16-4-1-2-6-19(16)24)12-15-7-9-17(10-8-15)23-21(26)18-13-27-14-22-18;/h1-2,4,6-10,18,22H,3,5,11-14H2,(H,23,26);1H. The highest BCUT2D eigenvalue weighted by Crippen LogP contribution is 2.27. The Balaban J connectivity index is 0.00000225. The Hall–Kier alpha value is -2.02. The molecule has 0 aliphatic carbocycles. The first-order valence-electron chi connectivity index (χ1n) is 9.30. The van der Waals surface area contributed by atoms with Gasteiger partial charge < -0.3 is 10.2 Å². The van der Waals surface area contributed by atoms with Gasteiger partial charge >= 0.3 is 0 Å². The van der Waals surface area contributed by atoms with Crippen molar-refractivity contribution in [1.82, 2.24) is 5.32 Å². The van der Waals surface area contributed by atoms with Crippen molar-refractivity contribution in [3.05, 3.63) is 59.7 Å². The number of anilines is 2. The van der Waals surface area contributed by atoms with Gasteiger partial charge in [0.1, 0.15) is 0 Å². The Bertz CT molecular complexity index is 838. The lowest BCUT2D eigenvalue weighted by atomic mass is 10.0. The zero-order valence-electron chi connectivity index (χ0n) is 15.5. The molecule has 7 heteroatoms. The highest BCUT2D eigenvalue weighted by molar-refractivity contribution is 7.99. The Morgan fingerprint density at radius 2 is 1.93 bits per heavy atom. The minimum atomic E-state index is -0.129. The van der Waals surface area contributed by atoms with E-state index in [1.807, 2.05) is 47.4 Å². The number of hydrogen-bond acceptors (Lipinski definition) is 4. The molecule has 0 spiro atoms. The summed E-state index contributed by atoms with van der Waals surface area (Å²) in [6, 6.07) is 15.6. The molecule has 0 bridgehead atoms. The van der Waals surface area contributed by atoms with Crippen molar-refractivity contribution in [2.75, 3.05) is 28.4 Å². The largest absolute Gasteiger partial charge is 0.325 e. The van der Waals surface area contributed by atoms with Crippen LogP contribution in [0.2, 0.25) is 0 Å². The van der Waals surface area contributed by atoms with E-state index in [9.17, 15) is 9.59 Å². The summed E-state index contributed by atoms with van der Waals surface area (Å²) in [6.45, 7) is 0.774. The number of carbonyl (C=O) groups is 2. The van der Waals surface area contributed by atoms with Crippen LogP contribution < -0.4 is 15.5 Å². The van der Waals surface area contributed by atoms with Crippen LogP contribution >= 0.6 is 24.2 Å². The predicted molar refractivity (Wildman–Crippen MR) is 117 cm³/mol. The fourth-order valence-electron chi connectivity index (χ4n) is 3.56. The number of aryl methyl sites for hydroxylation is 1. The van der Waals surface area contributed by atoms with Crippen LogP contribution in [0.3, 0.4) is 0 Å². The number of thioether (sulfide) groups is 1. The second-order valence-electron chi connectivity index (χ2n) is 6.91. The molecule has 5 nitrogen and oxygen atoms in total. The summed E-state index contributed by atoms with van der Waals surface area (Å²) in [7, 11) is 0. The molecule has 0 saturated carbocycles. The van der Waals surface area contributed by atoms with Crippen molar-refractivity contribution in [1.29, 1.82) is 0 Å². The third-order valence-electron chi connectivity index (χ3n) is 5.02. The first kappa shape index (κ1) is 20.7. The van der Waals surface area contributed by atoms with E-state index in [1.165, 1.54) is 5.56 Å². The number of para-hydroxylation sites is 1. The molecule has 2 amide bonds. The van der Waals surface area contributed by atoms with Crippen LogP contribution in [0.1, 0.15) is 17.5 Å².